The Hall–Kier alpha value is -2.34. The Labute approximate surface area is 173 Å². The summed E-state index contributed by atoms with van der Waals surface area (Å²) >= 11 is 1.21. The highest BCUT2D eigenvalue weighted by molar-refractivity contribution is 7.99. The standard InChI is InChI=1S/C17H29N3O8S/c1-4-28-16(27)17(2,3)9-29-8-11(14(24)19-7-13(22)23)20-12(21)6-5-10(18)15(25)26/h10-11H,4-9,18H2,1-3H3,(H,19,24)(H,20,21)(H,22,23)(H,25,26). The van der Waals surface area contributed by atoms with Crippen LogP contribution in [-0.4, -0.2) is 76.7 Å². The lowest BCUT2D eigenvalue weighted by molar-refractivity contribution is -0.152. The molecule has 0 aromatic carbocycles. The first kappa shape index (κ1) is 26.7. The van der Waals surface area contributed by atoms with Crippen molar-refractivity contribution in [2.75, 3.05) is 24.7 Å². The van der Waals surface area contributed by atoms with E-state index in [4.69, 9.17) is 20.7 Å². The molecule has 0 fully saturated rings. The predicted molar refractivity (Wildman–Crippen MR) is 105 cm³/mol. The fourth-order valence-corrected chi connectivity index (χ4v) is 3.18. The third kappa shape index (κ3) is 11.3. The number of thioether (sulfide) groups is 1. The van der Waals surface area contributed by atoms with Gasteiger partial charge in [-0.25, -0.2) is 0 Å². The van der Waals surface area contributed by atoms with E-state index in [2.05, 4.69) is 10.6 Å². The van der Waals surface area contributed by atoms with Crippen LogP contribution in [0.4, 0.5) is 0 Å². The van der Waals surface area contributed by atoms with Gasteiger partial charge >= 0.3 is 17.9 Å². The molecule has 0 aliphatic carbocycles. The molecule has 0 aromatic rings. The van der Waals surface area contributed by atoms with Gasteiger partial charge in [0, 0.05) is 17.9 Å². The summed E-state index contributed by atoms with van der Waals surface area (Å²) in [5.41, 5.74) is 4.53. The van der Waals surface area contributed by atoms with Crippen LogP contribution in [0.2, 0.25) is 0 Å². The van der Waals surface area contributed by atoms with Gasteiger partial charge in [0.05, 0.1) is 12.0 Å². The monoisotopic (exact) mass is 435 g/mol. The minimum Gasteiger partial charge on any atom is -0.480 e. The summed E-state index contributed by atoms with van der Waals surface area (Å²) in [6.45, 7) is 4.68. The highest BCUT2D eigenvalue weighted by Crippen LogP contribution is 2.24. The van der Waals surface area contributed by atoms with E-state index in [0.29, 0.717) is 5.75 Å². The van der Waals surface area contributed by atoms with E-state index in [1.165, 1.54) is 11.8 Å². The van der Waals surface area contributed by atoms with Crippen molar-refractivity contribution >= 4 is 41.5 Å². The molecule has 166 valence electrons. The van der Waals surface area contributed by atoms with E-state index >= 15 is 0 Å². The van der Waals surface area contributed by atoms with Crippen LogP contribution < -0.4 is 16.4 Å². The van der Waals surface area contributed by atoms with Gasteiger partial charge in [0.25, 0.3) is 0 Å². The number of aliphatic carboxylic acids is 2. The van der Waals surface area contributed by atoms with Crippen LogP contribution in [0.15, 0.2) is 0 Å². The largest absolute Gasteiger partial charge is 0.480 e. The van der Waals surface area contributed by atoms with Crippen molar-refractivity contribution < 1.29 is 38.9 Å². The zero-order chi connectivity index (χ0) is 22.6. The number of hydrogen-bond donors (Lipinski definition) is 5. The maximum Gasteiger partial charge on any atom is 0.322 e. The third-order valence-corrected chi connectivity index (χ3v) is 5.14. The van der Waals surface area contributed by atoms with Gasteiger partial charge in [-0.2, -0.15) is 11.8 Å². The highest BCUT2D eigenvalue weighted by Gasteiger charge is 2.30. The molecule has 0 aliphatic heterocycles. The highest BCUT2D eigenvalue weighted by atomic mass is 32.2. The SMILES string of the molecule is CCOC(=O)C(C)(C)CSCC(NC(=O)CCC(N)C(=O)O)C(=O)NCC(=O)O. The van der Waals surface area contributed by atoms with Crippen molar-refractivity contribution in [3.05, 3.63) is 0 Å². The normalized spacial score (nSPS) is 13.1. The molecule has 0 saturated carbocycles. The Morgan fingerprint density at radius 3 is 2.31 bits per heavy atom. The molecule has 0 bridgehead atoms. The van der Waals surface area contributed by atoms with Gasteiger partial charge < -0.3 is 31.3 Å². The quantitative estimate of drug-likeness (QED) is 0.216. The van der Waals surface area contributed by atoms with Crippen molar-refractivity contribution in [3.63, 3.8) is 0 Å². The molecule has 11 nitrogen and oxygen atoms in total. The van der Waals surface area contributed by atoms with Gasteiger partial charge in [-0.05, 0) is 27.2 Å². The number of carboxylic acids is 2. The molecule has 2 unspecified atom stereocenters. The van der Waals surface area contributed by atoms with Crippen LogP contribution in [0.1, 0.15) is 33.6 Å². The minimum atomic E-state index is -1.25. The van der Waals surface area contributed by atoms with Crippen LogP contribution in [0.5, 0.6) is 0 Å². The maximum atomic E-state index is 12.2. The number of esters is 1. The zero-order valence-corrected chi connectivity index (χ0v) is 17.5. The number of rotatable bonds is 14. The van der Waals surface area contributed by atoms with Crippen molar-refractivity contribution in [1.82, 2.24) is 10.6 Å². The van der Waals surface area contributed by atoms with Crippen molar-refractivity contribution in [1.29, 1.82) is 0 Å². The first-order valence-corrected chi connectivity index (χ1v) is 10.1. The number of ether oxygens (including phenoxy) is 1. The first-order valence-electron chi connectivity index (χ1n) is 8.93. The summed E-state index contributed by atoms with van der Waals surface area (Å²) in [6.07, 6.45) is -0.331. The molecule has 0 aromatic heterocycles. The number of carbonyl (C=O) groups is 5. The summed E-state index contributed by atoms with van der Waals surface area (Å²) in [6, 6.07) is -2.27. The fourth-order valence-electron chi connectivity index (χ4n) is 1.96. The van der Waals surface area contributed by atoms with Crippen LogP contribution in [0, 0.1) is 5.41 Å². The topological polar surface area (TPSA) is 185 Å². The van der Waals surface area contributed by atoms with E-state index in [-0.39, 0.29) is 25.2 Å². The zero-order valence-electron chi connectivity index (χ0n) is 16.7. The van der Waals surface area contributed by atoms with Gasteiger partial charge in [0.2, 0.25) is 11.8 Å². The summed E-state index contributed by atoms with van der Waals surface area (Å²) in [7, 11) is 0. The summed E-state index contributed by atoms with van der Waals surface area (Å²) in [5.74, 6) is -3.81. The lowest BCUT2D eigenvalue weighted by Gasteiger charge is -2.23. The molecule has 2 atom stereocenters. The van der Waals surface area contributed by atoms with E-state index in [1.54, 1.807) is 20.8 Å². The predicted octanol–water partition coefficient (Wildman–Crippen LogP) is -0.813. The van der Waals surface area contributed by atoms with E-state index < -0.39 is 53.8 Å². The average Bonchev–Trinajstić information content (AvgIpc) is 2.63. The van der Waals surface area contributed by atoms with Gasteiger partial charge in [0.1, 0.15) is 18.6 Å². The Kier molecular flexibility index (Phi) is 11.9. The van der Waals surface area contributed by atoms with Crippen LogP contribution in [0.3, 0.4) is 0 Å². The van der Waals surface area contributed by atoms with Crippen molar-refractivity contribution in [2.24, 2.45) is 11.1 Å². The molecule has 0 aliphatic rings. The second kappa shape index (κ2) is 13.0. The lowest BCUT2D eigenvalue weighted by Crippen LogP contribution is -2.49. The molecule has 29 heavy (non-hydrogen) atoms. The molecule has 0 spiro atoms. The molecule has 12 heteroatoms. The maximum absolute atomic E-state index is 12.2. The van der Waals surface area contributed by atoms with Crippen molar-refractivity contribution in [3.8, 4) is 0 Å². The summed E-state index contributed by atoms with van der Waals surface area (Å²) in [4.78, 5) is 57.5. The summed E-state index contributed by atoms with van der Waals surface area (Å²) < 4.78 is 4.99. The Balaban J connectivity index is 4.86. The molecular formula is C17H29N3O8S. The number of carboxylic acid groups (broad SMARTS) is 2. The fraction of sp³-hybridized carbons (Fsp3) is 0.706. The molecule has 6 N–H and O–H groups in total. The van der Waals surface area contributed by atoms with Crippen LogP contribution in [-0.2, 0) is 28.7 Å². The molecule has 0 radical (unpaired) electrons. The van der Waals surface area contributed by atoms with E-state index in [1.807, 2.05) is 0 Å². The average molecular weight is 435 g/mol. The number of carbonyl (C=O) groups excluding carboxylic acids is 3. The number of nitrogens with one attached hydrogen (secondary N) is 2. The van der Waals surface area contributed by atoms with E-state index in [0.717, 1.165) is 0 Å². The van der Waals surface area contributed by atoms with Gasteiger partial charge in [0.15, 0.2) is 0 Å². The Morgan fingerprint density at radius 2 is 1.79 bits per heavy atom. The smallest absolute Gasteiger partial charge is 0.322 e. The number of nitrogens with two attached hydrogens (primary N) is 1. The molecule has 2 amide bonds. The minimum absolute atomic E-state index is 0.0744. The van der Waals surface area contributed by atoms with Gasteiger partial charge in [-0.1, -0.05) is 0 Å². The first-order chi connectivity index (χ1) is 13.4. The second-order valence-corrected chi connectivity index (χ2v) is 7.86. The number of amides is 2. The molecule has 0 saturated heterocycles. The number of hydrogen-bond acceptors (Lipinski definition) is 8. The van der Waals surface area contributed by atoms with Gasteiger partial charge in [-0.3, -0.25) is 24.0 Å². The van der Waals surface area contributed by atoms with Crippen LogP contribution in [0.25, 0.3) is 0 Å². The summed E-state index contributed by atoms with van der Waals surface area (Å²) in [5, 5.41) is 22.1. The second-order valence-electron chi connectivity index (χ2n) is 6.83. The van der Waals surface area contributed by atoms with Gasteiger partial charge in [-0.15, -0.1) is 0 Å². The molecule has 0 heterocycles. The van der Waals surface area contributed by atoms with Crippen LogP contribution >= 0.6 is 11.8 Å². The third-order valence-electron chi connectivity index (χ3n) is 3.64. The Morgan fingerprint density at radius 1 is 1.17 bits per heavy atom. The molecule has 0 rings (SSSR count). The molecular weight excluding hydrogens is 406 g/mol. The Bertz CT molecular complexity index is 611. The van der Waals surface area contributed by atoms with Crippen molar-refractivity contribution in [2.45, 2.75) is 45.7 Å². The van der Waals surface area contributed by atoms with E-state index in [9.17, 15) is 24.0 Å². The lowest BCUT2D eigenvalue weighted by atomic mass is 9.97.